The predicted octanol–water partition coefficient (Wildman–Crippen LogP) is 0.769. The molecular formula is C9H15ClN4OS. The van der Waals surface area contributed by atoms with Crippen molar-refractivity contribution in [2.75, 3.05) is 13.1 Å². The van der Waals surface area contributed by atoms with E-state index in [4.69, 9.17) is 5.73 Å². The molecule has 1 amide bonds. The number of hydrogen-bond donors (Lipinski definition) is 1. The first kappa shape index (κ1) is 13.3. The Balaban J connectivity index is 0.00000128. The first-order chi connectivity index (χ1) is 7.18. The maximum absolute atomic E-state index is 11.9. The van der Waals surface area contributed by atoms with Crippen LogP contribution in [-0.4, -0.2) is 38.7 Å². The van der Waals surface area contributed by atoms with Crippen LogP contribution < -0.4 is 5.73 Å². The molecule has 2 heterocycles. The fourth-order valence-electron chi connectivity index (χ4n) is 1.77. The Hall–Kier alpha value is -0.720. The summed E-state index contributed by atoms with van der Waals surface area (Å²) < 4.78 is 7.77. The van der Waals surface area contributed by atoms with Crippen LogP contribution in [0, 0.1) is 5.92 Å². The Morgan fingerprint density at radius 1 is 1.69 bits per heavy atom. The number of likely N-dealkylation sites (tertiary alicyclic amines) is 1. The third-order valence-corrected chi connectivity index (χ3v) is 3.32. The summed E-state index contributed by atoms with van der Waals surface area (Å²) >= 11 is 1.06. The Morgan fingerprint density at radius 3 is 3.00 bits per heavy atom. The molecule has 1 aliphatic heterocycles. The van der Waals surface area contributed by atoms with E-state index in [0.29, 0.717) is 11.6 Å². The van der Waals surface area contributed by atoms with Gasteiger partial charge in [0.1, 0.15) is 0 Å². The number of halogens is 1. The zero-order valence-electron chi connectivity index (χ0n) is 9.00. The van der Waals surface area contributed by atoms with Crippen LogP contribution in [0.5, 0.6) is 0 Å². The van der Waals surface area contributed by atoms with Crippen LogP contribution in [0.3, 0.4) is 0 Å². The minimum atomic E-state index is -0.0255. The standard InChI is InChI=1S/C9H14N4OS.ClH/c1-6-5-13(3-2-7(6)10)9(14)8-4-11-15-12-8;/h4,6-7H,2-3,5,10H2,1H3;1H. The van der Waals surface area contributed by atoms with Crippen molar-refractivity contribution in [1.82, 2.24) is 13.6 Å². The maximum Gasteiger partial charge on any atom is 0.275 e. The van der Waals surface area contributed by atoms with Crippen molar-refractivity contribution in [2.45, 2.75) is 19.4 Å². The summed E-state index contributed by atoms with van der Waals surface area (Å²) in [5.74, 6) is 0.330. The molecule has 0 radical (unpaired) electrons. The van der Waals surface area contributed by atoms with Crippen molar-refractivity contribution in [2.24, 2.45) is 11.7 Å². The molecule has 0 bridgehead atoms. The second-order valence-electron chi connectivity index (χ2n) is 3.97. The van der Waals surface area contributed by atoms with E-state index in [9.17, 15) is 4.79 Å². The summed E-state index contributed by atoms with van der Waals surface area (Å²) in [6.45, 7) is 3.52. The van der Waals surface area contributed by atoms with E-state index in [0.717, 1.165) is 31.2 Å². The summed E-state index contributed by atoms with van der Waals surface area (Å²) in [5.41, 5.74) is 6.34. The van der Waals surface area contributed by atoms with Crippen LogP contribution in [-0.2, 0) is 0 Å². The van der Waals surface area contributed by atoms with Gasteiger partial charge in [0.25, 0.3) is 5.91 Å². The van der Waals surface area contributed by atoms with Crippen LogP contribution in [0.4, 0.5) is 0 Å². The molecule has 1 aromatic heterocycles. The maximum atomic E-state index is 11.9. The van der Waals surface area contributed by atoms with Gasteiger partial charge in [-0.1, -0.05) is 6.92 Å². The summed E-state index contributed by atoms with van der Waals surface area (Å²) in [6.07, 6.45) is 2.39. The van der Waals surface area contributed by atoms with E-state index in [1.54, 1.807) is 0 Å². The lowest BCUT2D eigenvalue weighted by molar-refractivity contribution is 0.0659. The van der Waals surface area contributed by atoms with E-state index in [1.165, 1.54) is 6.20 Å². The summed E-state index contributed by atoms with van der Waals surface area (Å²) in [4.78, 5) is 13.7. The number of hydrogen-bond acceptors (Lipinski definition) is 5. The molecule has 1 aromatic rings. The van der Waals surface area contributed by atoms with Crippen LogP contribution >= 0.6 is 24.1 Å². The molecule has 2 rings (SSSR count). The average Bonchev–Trinajstić information content (AvgIpc) is 2.74. The van der Waals surface area contributed by atoms with Gasteiger partial charge in [-0.25, -0.2) is 0 Å². The van der Waals surface area contributed by atoms with E-state index >= 15 is 0 Å². The lowest BCUT2D eigenvalue weighted by Crippen LogP contribution is -2.48. The van der Waals surface area contributed by atoms with Gasteiger partial charge in [-0.15, -0.1) is 12.4 Å². The fraction of sp³-hybridized carbons (Fsp3) is 0.667. The smallest absolute Gasteiger partial charge is 0.275 e. The van der Waals surface area contributed by atoms with Gasteiger partial charge in [0.15, 0.2) is 5.69 Å². The predicted molar refractivity (Wildman–Crippen MR) is 64.8 cm³/mol. The van der Waals surface area contributed by atoms with Crippen molar-refractivity contribution in [1.29, 1.82) is 0 Å². The molecule has 0 spiro atoms. The topological polar surface area (TPSA) is 72.1 Å². The number of carbonyl (C=O) groups excluding carboxylic acids is 1. The number of amides is 1. The van der Waals surface area contributed by atoms with Gasteiger partial charge < -0.3 is 10.6 Å². The first-order valence-corrected chi connectivity index (χ1v) is 5.74. The molecule has 5 nitrogen and oxygen atoms in total. The number of nitrogens with two attached hydrogens (primary N) is 1. The molecular weight excluding hydrogens is 248 g/mol. The van der Waals surface area contributed by atoms with Crippen LogP contribution in [0.2, 0.25) is 0 Å². The molecule has 2 unspecified atom stereocenters. The molecule has 2 atom stereocenters. The molecule has 7 heteroatoms. The summed E-state index contributed by atoms with van der Waals surface area (Å²) in [7, 11) is 0. The minimum absolute atomic E-state index is 0. The van der Waals surface area contributed by atoms with Crippen LogP contribution in [0.15, 0.2) is 6.20 Å². The molecule has 1 saturated heterocycles. The molecule has 16 heavy (non-hydrogen) atoms. The van der Waals surface area contributed by atoms with Crippen molar-refractivity contribution < 1.29 is 4.79 Å². The SMILES string of the molecule is CC1CN(C(=O)c2cnsn2)CCC1N.Cl. The molecule has 1 fully saturated rings. The van der Waals surface area contributed by atoms with Crippen molar-refractivity contribution >= 4 is 30.0 Å². The molecule has 0 saturated carbocycles. The fourth-order valence-corrected chi connectivity index (χ4v) is 2.18. The lowest BCUT2D eigenvalue weighted by atomic mass is 9.95. The average molecular weight is 263 g/mol. The number of piperidine rings is 1. The third kappa shape index (κ3) is 2.69. The normalized spacial score (nSPS) is 25.0. The Labute approximate surface area is 105 Å². The molecule has 0 aromatic carbocycles. The van der Waals surface area contributed by atoms with Crippen molar-refractivity contribution in [3.8, 4) is 0 Å². The Bertz CT molecular complexity index is 345. The molecule has 90 valence electrons. The number of aromatic nitrogens is 2. The number of rotatable bonds is 1. The number of nitrogens with zero attached hydrogens (tertiary/aromatic N) is 3. The molecule has 0 aliphatic carbocycles. The van der Waals surface area contributed by atoms with Crippen molar-refractivity contribution in [3.05, 3.63) is 11.9 Å². The van der Waals surface area contributed by atoms with Gasteiger partial charge in [0.05, 0.1) is 17.9 Å². The van der Waals surface area contributed by atoms with Gasteiger partial charge in [-0.05, 0) is 12.3 Å². The highest BCUT2D eigenvalue weighted by atomic mass is 35.5. The van der Waals surface area contributed by atoms with Crippen LogP contribution in [0.1, 0.15) is 23.8 Å². The Morgan fingerprint density at radius 2 is 2.44 bits per heavy atom. The van der Waals surface area contributed by atoms with E-state index in [1.807, 2.05) is 4.90 Å². The highest BCUT2D eigenvalue weighted by Gasteiger charge is 2.27. The van der Waals surface area contributed by atoms with Crippen LogP contribution in [0.25, 0.3) is 0 Å². The molecule has 1 aliphatic rings. The summed E-state index contributed by atoms with van der Waals surface area (Å²) in [6, 6.07) is 0.211. The zero-order chi connectivity index (χ0) is 10.8. The van der Waals surface area contributed by atoms with E-state index < -0.39 is 0 Å². The first-order valence-electron chi connectivity index (χ1n) is 5.01. The third-order valence-electron chi connectivity index (χ3n) is 2.84. The van der Waals surface area contributed by atoms with Gasteiger partial charge in [0.2, 0.25) is 0 Å². The minimum Gasteiger partial charge on any atom is -0.337 e. The van der Waals surface area contributed by atoms with Gasteiger partial charge in [-0.2, -0.15) is 8.75 Å². The highest BCUT2D eigenvalue weighted by Crippen LogP contribution is 2.16. The Kier molecular flexibility index (Phi) is 4.64. The lowest BCUT2D eigenvalue weighted by Gasteiger charge is -2.34. The molecule has 2 N–H and O–H groups in total. The number of carbonyl (C=O) groups is 1. The quantitative estimate of drug-likeness (QED) is 0.811. The van der Waals surface area contributed by atoms with Crippen molar-refractivity contribution in [3.63, 3.8) is 0 Å². The van der Waals surface area contributed by atoms with E-state index in [2.05, 4.69) is 15.7 Å². The highest BCUT2D eigenvalue weighted by molar-refractivity contribution is 6.99. The van der Waals surface area contributed by atoms with E-state index in [-0.39, 0.29) is 24.4 Å². The monoisotopic (exact) mass is 262 g/mol. The second-order valence-corrected chi connectivity index (χ2v) is 4.53. The zero-order valence-corrected chi connectivity index (χ0v) is 10.6. The van der Waals surface area contributed by atoms with Gasteiger partial charge >= 0.3 is 0 Å². The largest absolute Gasteiger partial charge is 0.337 e. The van der Waals surface area contributed by atoms with Gasteiger partial charge in [0, 0.05) is 19.1 Å². The second kappa shape index (κ2) is 5.56. The van der Waals surface area contributed by atoms with Gasteiger partial charge in [-0.3, -0.25) is 4.79 Å². The summed E-state index contributed by atoms with van der Waals surface area (Å²) in [5, 5.41) is 0.